The summed E-state index contributed by atoms with van der Waals surface area (Å²) in [4.78, 5) is 8.78. The molecule has 0 aliphatic carbocycles. The third kappa shape index (κ3) is 6.24. The molecule has 1 aromatic heterocycles. The normalized spacial score (nSPS) is 11.8. The molecule has 1 heterocycles. The number of hydrogen-bond donors (Lipinski definition) is 0. The van der Waals surface area contributed by atoms with Gasteiger partial charge in [0.15, 0.2) is 5.82 Å². The third-order valence-electron chi connectivity index (χ3n) is 5.02. The number of halogens is 1. The van der Waals surface area contributed by atoms with E-state index < -0.39 is 6.17 Å². The molecule has 0 bridgehead atoms. The summed E-state index contributed by atoms with van der Waals surface area (Å²) in [5, 5.41) is 0. The summed E-state index contributed by atoms with van der Waals surface area (Å²) in [5.41, 5.74) is 4.58. The van der Waals surface area contributed by atoms with Gasteiger partial charge in [-0.3, -0.25) is 0 Å². The fraction of sp³-hybridized carbons (Fsp3) is 0.308. The van der Waals surface area contributed by atoms with Crippen LogP contribution in [0.4, 0.5) is 4.39 Å². The average Bonchev–Trinajstić information content (AvgIpc) is 2.78. The fourth-order valence-corrected chi connectivity index (χ4v) is 3.45. The predicted octanol–water partition coefficient (Wildman–Crippen LogP) is 6.84. The van der Waals surface area contributed by atoms with Crippen molar-refractivity contribution in [2.45, 2.75) is 45.2 Å². The molecular weight excluding hydrogens is 375 g/mol. The molecule has 3 rings (SSSR count). The number of aromatic nitrogens is 2. The van der Waals surface area contributed by atoms with E-state index in [9.17, 15) is 4.39 Å². The fourth-order valence-electron chi connectivity index (χ4n) is 3.45. The van der Waals surface area contributed by atoms with Crippen molar-refractivity contribution in [1.29, 1.82) is 0 Å². The molecule has 3 aromatic rings. The Morgan fingerprint density at radius 3 is 2.43 bits per heavy atom. The molecule has 0 aliphatic rings. The van der Waals surface area contributed by atoms with Gasteiger partial charge in [-0.2, -0.15) is 0 Å². The molecule has 0 N–H and O–H groups in total. The quantitative estimate of drug-likeness (QED) is 0.259. The minimum atomic E-state index is -0.715. The van der Waals surface area contributed by atoms with Crippen LogP contribution in [0.5, 0.6) is 5.75 Å². The van der Waals surface area contributed by atoms with Gasteiger partial charge in [-0.1, -0.05) is 49.8 Å². The second kappa shape index (κ2) is 11.2. The Hall–Kier alpha value is -3.01. The highest BCUT2D eigenvalue weighted by Gasteiger charge is 2.10. The summed E-state index contributed by atoms with van der Waals surface area (Å²) in [6.45, 7) is 5.80. The molecule has 3 nitrogen and oxygen atoms in total. The highest BCUT2D eigenvalue weighted by Crippen LogP contribution is 2.31. The standard InChI is InChI=1S/C26H29FN2O/c1-3-18-30-24-14-12-22(13-15-24)25-19-23(26-28-16-7-17-29-26)11-10-21(25)9-6-4-5-8-20(2)27/h3,7,10-17,19-20H,1,4-6,8-9,18H2,2H3. The number of unbranched alkanes of at least 4 members (excludes halogenated alkanes) is 2. The van der Waals surface area contributed by atoms with Gasteiger partial charge in [-0.05, 0) is 67.1 Å². The summed E-state index contributed by atoms with van der Waals surface area (Å²) < 4.78 is 18.6. The SMILES string of the molecule is C=CCOc1ccc(-c2cc(-c3ncccn3)ccc2CCCCCC(C)F)cc1. The van der Waals surface area contributed by atoms with Gasteiger partial charge in [-0.15, -0.1) is 0 Å². The van der Waals surface area contributed by atoms with Crippen molar-refractivity contribution in [2.75, 3.05) is 6.61 Å². The number of ether oxygens (including phenoxy) is 1. The number of alkyl halides is 1. The van der Waals surface area contributed by atoms with Crippen LogP contribution in [0.2, 0.25) is 0 Å². The van der Waals surface area contributed by atoms with Crippen molar-refractivity contribution in [3.05, 3.63) is 79.1 Å². The van der Waals surface area contributed by atoms with Crippen LogP contribution in [-0.4, -0.2) is 22.7 Å². The topological polar surface area (TPSA) is 35.0 Å². The Balaban J connectivity index is 1.83. The Morgan fingerprint density at radius 2 is 1.73 bits per heavy atom. The Morgan fingerprint density at radius 1 is 1.00 bits per heavy atom. The molecule has 4 heteroatoms. The lowest BCUT2D eigenvalue weighted by Crippen LogP contribution is -1.96. The summed E-state index contributed by atoms with van der Waals surface area (Å²) in [5.74, 6) is 1.54. The molecule has 1 unspecified atom stereocenters. The maximum absolute atomic E-state index is 13.0. The van der Waals surface area contributed by atoms with Crippen molar-refractivity contribution in [1.82, 2.24) is 9.97 Å². The van der Waals surface area contributed by atoms with Crippen molar-refractivity contribution < 1.29 is 9.13 Å². The van der Waals surface area contributed by atoms with E-state index in [0.717, 1.165) is 42.6 Å². The van der Waals surface area contributed by atoms with Crippen molar-refractivity contribution in [2.24, 2.45) is 0 Å². The Bertz CT molecular complexity index is 924. The molecule has 0 amide bonds. The summed E-state index contributed by atoms with van der Waals surface area (Å²) in [7, 11) is 0. The molecule has 0 radical (unpaired) electrons. The van der Waals surface area contributed by atoms with Gasteiger partial charge in [0, 0.05) is 18.0 Å². The zero-order valence-corrected chi connectivity index (χ0v) is 17.6. The summed E-state index contributed by atoms with van der Waals surface area (Å²) >= 11 is 0. The molecule has 0 saturated heterocycles. The van der Waals surface area contributed by atoms with Crippen molar-refractivity contribution in [3.8, 4) is 28.3 Å². The lowest BCUT2D eigenvalue weighted by Gasteiger charge is -2.13. The van der Waals surface area contributed by atoms with E-state index in [1.54, 1.807) is 25.4 Å². The molecule has 0 fully saturated rings. The molecule has 0 saturated carbocycles. The zero-order chi connectivity index (χ0) is 21.2. The maximum Gasteiger partial charge on any atom is 0.159 e. The summed E-state index contributed by atoms with van der Waals surface area (Å²) in [6.07, 6.45) is 9.14. The van der Waals surface area contributed by atoms with E-state index in [-0.39, 0.29) is 0 Å². The van der Waals surface area contributed by atoms with Gasteiger partial charge in [0.05, 0.1) is 6.17 Å². The monoisotopic (exact) mass is 404 g/mol. The Labute approximate surface area is 178 Å². The van der Waals surface area contributed by atoms with Crippen LogP contribution in [0.25, 0.3) is 22.5 Å². The minimum Gasteiger partial charge on any atom is -0.490 e. The van der Waals surface area contributed by atoms with E-state index in [1.165, 1.54) is 11.1 Å². The molecule has 1 atom stereocenters. The average molecular weight is 405 g/mol. The van der Waals surface area contributed by atoms with Gasteiger partial charge in [0.1, 0.15) is 12.4 Å². The van der Waals surface area contributed by atoms with E-state index in [2.05, 4.69) is 46.9 Å². The predicted molar refractivity (Wildman–Crippen MR) is 121 cm³/mol. The highest BCUT2D eigenvalue weighted by molar-refractivity contribution is 5.73. The number of benzene rings is 2. The first-order valence-electron chi connectivity index (χ1n) is 10.6. The van der Waals surface area contributed by atoms with Gasteiger partial charge < -0.3 is 4.74 Å². The van der Waals surface area contributed by atoms with Crippen LogP contribution < -0.4 is 4.74 Å². The largest absolute Gasteiger partial charge is 0.490 e. The van der Waals surface area contributed by atoms with Crippen LogP contribution in [-0.2, 0) is 6.42 Å². The van der Waals surface area contributed by atoms with E-state index in [4.69, 9.17) is 4.74 Å². The number of nitrogens with zero attached hydrogens (tertiary/aromatic N) is 2. The zero-order valence-electron chi connectivity index (χ0n) is 17.6. The van der Waals surface area contributed by atoms with E-state index >= 15 is 0 Å². The smallest absolute Gasteiger partial charge is 0.159 e. The second-order valence-electron chi connectivity index (χ2n) is 7.45. The first kappa shape index (κ1) is 21.7. The lowest BCUT2D eigenvalue weighted by atomic mass is 9.93. The molecule has 30 heavy (non-hydrogen) atoms. The van der Waals surface area contributed by atoms with Gasteiger partial charge in [0.2, 0.25) is 0 Å². The molecule has 0 spiro atoms. The Kier molecular flexibility index (Phi) is 8.13. The van der Waals surface area contributed by atoms with Crippen LogP contribution in [0.15, 0.2) is 73.6 Å². The van der Waals surface area contributed by atoms with E-state index in [1.807, 2.05) is 18.2 Å². The third-order valence-corrected chi connectivity index (χ3v) is 5.02. The van der Waals surface area contributed by atoms with Crippen LogP contribution >= 0.6 is 0 Å². The summed E-state index contributed by atoms with van der Waals surface area (Å²) in [6, 6.07) is 16.4. The van der Waals surface area contributed by atoms with Gasteiger partial charge in [0.25, 0.3) is 0 Å². The lowest BCUT2D eigenvalue weighted by molar-refractivity contribution is 0.330. The van der Waals surface area contributed by atoms with Crippen LogP contribution in [0.1, 0.15) is 38.2 Å². The molecule has 156 valence electrons. The first-order chi connectivity index (χ1) is 14.7. The first-order valence-corrected chi connectivity index (χ1v) is 10.6. The maximum atomic E-state index is 13.0. The van der Waals surface area contributed by atoms with Crippen LogP contribution in [0.3, 0.4) is 0 Å². The van der Waals surface area contributed by atoms with Crippen LogP contribution in [0, 0.1) is 0 Å². The molecule has 2 aromatic carbocycles. The number of aryl methyl sites for hydroxylation is 1. The molecule has 0 aliphatic heterocycles. The van der Waals surface area contributed by atoms with E-state index in [0.29, 0.717) is 18.9 Å². The van der Waals surface area contributed by atoms with Crippen molar-refractivity contribution in [3.63, 3.8) is 0 Å². The van der Waals surface area contributed by atoms with Gasteiger partial charge in [-0.25, -0.2) is 14.4 Å². The number of hydrogen-bond acceptors (Lipinski definition) is 3. The number of rotatable bonds is 11. The highest BCUT2D eigenvalue weighted by atomic mass is 19.1. The van der Waals surface area contributed by atoms with Gasteiger partial charge >= 0.3 is 0 Å². The minimum absolute atomic E-state index is 0.489. The second-order valence-corrected chi connectivity index (χ2v) is 7.45. The van der Waals surface area contributed by atoms with Crippen molar-refractivity contribution >= 4 is 0 Å². The molecular formula is C26H29FN2O.